The van der Waals surface area contributed by atoms with Crippen LogP contribution >= 0.6 is 0 Å². The maximum Gasteiger partial charge on any atom is 0.360 e. The number of amides is 2. The average Bonchev–Trinajstić information content (AvgIpc) is 3.59. The molecule has 0 aliphatic heterocycles. The number of esters is 1. The number of hydrogen-bond acceptors (Lipinski definition) is 6. The first kappa shape index (κ1) is 33.0. The van der Waals surface area contributed by atoms with Gasteiger partial charge in [0, 0.05) is 48.9 Å². The molecule has 1 aliphatic rings. The van der Waals surface area contributed by atoms with E-state index in [4.69, 9.17) is 9.15 Å². The number of nitrogens with zero attached hydrogens (tertiary/aromatic N) is 2. The highest BCUT2D eigenvalue weighted by atomic mass is 16.5. The first-order valence-electron chi connectivity index (χ1n) is 16.5. The quantitative estimate of drug-likeness (QED) is 0.159. The number of nitrogens with one attached hydrogen (secondary N) is 2. The number of carbonyl (C=O) groups is 3. The molecule has 2 heterocycles. The molecular weight excluding hydrogens is 580 g/mol. The molecule has 2 atom stereocenters. The Morgan fingerprint density at radius 2 is 1.74 bits per heavy atom. The highest BCUT2D eigenvalue weighted by Crippen LogP contribution is 2.28. The fraction of sp³-hybridized carbons (Fsp3) is 0.459. The molecule has 2 N–H and O–H groups in total. The van der Waals surface area contributed by atoms with Crippen LogP contribution in [-0.2, 0) is 34.4 Å². The number of rotatable bonds is 13. The van der Waals surface area contributed by atoms with Crippen LogP contribution in [0.15, 0.2) is 65.2 Å². The topological polar surface area (TPSA) is 115 Å². The van der Waals surface area contributed by atoms with Gasteiger partial charge in [-0.25, -0.2) is 9.78 Å². The van der Waals surface area contributed by atoms with Crippen molar-refractivity contribution in [2.24, 2.45) is 18.9 Å². The van der Waals surface area contributed by atoms with Crippen LogP contribution in [0.1, 0.15) is 98.1 Å². The van der Waals surface area contributed by atoms with Crippen molar-refractivity contribution >= 4 is 28.7 Å². The molecule has 244 valence electrons. The molecular formula is C37H46N4O5. The van der Waals surface area contributed by atoms with Crippen LogP contribution in [0.25, 0.3) is 10.9 Å². The lowest BCUT2D eigenvalue weighted by atomic mass is 9.91. The third-order valence-electron chi connectivity index (χ3n) is 8.77. The summed E-state index contributed by atoms with van der Waals surface area (Å²) in [6.45, 7) is 5.89. The summed E-state index contributed by atoms with van der Waals surface area (Å²) in [4.78, 5) is 44.7. The Morgan fingerprint density at radius 1 is 1.02 bits per heavy atom. The second kappa shape index (κ2) is 15.3. The van der Waals surface area contributed by atoms with Gasteiger partial charge < -0.3 is 24.4 Å². The predicted molar refractivity (Wildman–Crippen MR) is 177 cm³/mol. The Labute approximate surface area is 271 Å². The number of ether oxygens (including phenoxy) is 1. The first-order valence-corrected chi connectivity index (χ1v) is 16.5. The third kappa shape index (κ3) is 8.44. The van der Waals surface area contributed by atoms with Gasteiger partial charge in [-0.2, -0.15) is 0 Å². The lowest BCUT2D eigenvalue weighted by molar-refractivity contribution is -0.131. The molecule has 2 aromatic carbocycles. The molecule has 9 nitrogen and oxygen atoms in total. The number of benzene rings is 2. The Hall–Kier alpha value is -4.40. The number of aryl methyl sites for hydroxylation is 2. The molecule has 46 heavy (non-hydrogen) atoms. The van der Waals surface area contributed by atoms with E-state index in [2.05, 4.69) is 29.5 Å². The van der Waals surface area contributed by atoms with Gasteiger partial charge in [-0.05, 0) is 49.3 Å². The maximum atomic E-state index is 14.0. The van der Waals surface area contributed by atoms with E-state index in [0.717, 1.165) is 47.7 Å². The van der Waals surface area contributed by atoms with Gasteiger partial charge in [-0.1, -0.05) is 81.6 Å². The second-order valence-corrected chi connectivity index (χ2v) is 13.0. The minimum atomic E-state index is -0.677. The molecule has 9 heteroatoms. The van der Waals surface area contributed by atoms with Crippen LogP contribution in [-0.4, -0.2) is 33.4 Å². The fourth-order valence-corrected chi connectivity index (χ4v) is 6.45. The van der Waals surface area contributed by atoms with Gasteiger partial charge in [0.05, 0.1) is 0 Å². The van der Waals surface area contributed by atoms with E-state index in [9.17, 15) is 14.4 Å². The van der Waals surface area contributed by atoms with Crippen molar-refractivity contribution in [1.82, 2.24) is 20.2 Å². The molecule has 2 amide bonds. The number of para-hydroxylation sites is 1. The summed E-state index contributed by atoms with van der Waals surface area (Å²) in [6.07, 6.45) is 8.51. The SMILES string of the molecule is Cc1oc([C@@H](Cc2cn(C)c3ccccc23)NC(=O)[C@H](CC(=O)NC2CCCCC2)CC(C)C)nc1C(=O)OCc1ccccc1. The molecule has 5 rings (SSSR count). The molecule has 1 aliphatic carbocycles. The smallest absolute Gasteiger partial charge is 0.360 e. The zero-order chi connectivity index (χ0) is 32.6. The molecule has 4 aromatic rings. The lowest BCUT2D eigenvalue weighted by Gasteiger charge is -2.25. The number of fused-ring (bicyclic) bond motifs is 1. The molecule has 0 radical (unpaired) electrons. The molecule has 2 aromatic heterocycles. The number of oxazole rings is 1. The highest BCUT2D eigenvalue weighted by molar-refractivity contribution is 5.89. The largest absolute Gasteiger partial charge is 0.456 e. The summed E-state index contributed by atoms with van der Waals surface area (Å²) in [5.74, 6) is -0.690. The van der Waals surface area contributed by atoms with E-state index >= 15 is 0 Å². The molecule has 0 saturated heterocycles. The van der Waals surface area contributed by atoms with Crippen molar-refractivity contribution in [1.29, 1.82) is 0 Å². The van der Waals surface area contributed by atoms with Gasteiger partial charge in [0.1, 0.15) is 18.4 Å². The summed E-state index contributed by atoms with van der Waals surface area (Å²) in [7, 11) is 1.99. The van der Waals surface area contributed by atoms with Crippen molar-refractivity contribution in [3.63, 3.8) is 0 Å². The predicted octanol–water partition coefficient (Wildman–Crippen LogP) is 6.73. The van der Waals surface area contributed by atoms with Crippen LogP contribution in [0, 0.1) is 18.8 Å². The van der Waals surface area contributed by atoms with E-state index in [0.29, 0.717) is 18.6 Å². The molecule has 0 unspecified atom stereocenters. The first-order chi connectivity index (χ1) is 22.2. The summed E-state index contributed by atoms with van der Waals surface area (Å²) < 4.78 is 13.7. The van der Waals surface area contributed by atoms with E-state index in [1.54, 1.807) is 6.92 Å². The number of carbonyl (C=O) groups excluding carboxylic acids is 3. The Balaban J connectivity index is 1.38. The van der Waals surface area contributed by atoms with Crippen molar-refractivity contribution in [3.05, 3.63) is 89.3 Å². The lowest BCUT2D eigenvalue weighted by Crippen LogP contribution is -2.41. The summed E-state index contributed by atoms with van der Waals surface area (Å²) in [6, 6.07) is 17.0. The van der Waals surface area contributed by atoms with E-state index < -0.39 is 17.9 Å². The molecule has 0 bridgehead atoms. The average molecular weight is 627 g/mol. The molecule has 0 spiro atoms. The zero-order valence-corrected chi connectivity index (χ0v) is 27.4. The highest BCUT2D eigenvalue weighted by Gasteiger charge is 2.31. The van der Waals surface area contributed by atoms with Crippen molar-refractivity contribution < 1.29 is 23.5 Å². The Kier molecular flexibility index (Phi) is 10.9. The van der Waals surface area contributed by atoms with Gasteiger partial charge in [-0.15, -0.1) is 0 Å². The van der Waals surface area contributed by atoms with Gasteiger partial charge in [0.15, 0.2) is 5.69 Å². The van der Waals surface area contributed by atoms with Crippen molar-refractivity contribution in [2.75, 3.05) is 0 Å². The van der Waals surface area contributed by atoms with Crippen molar-refractivity contribution in [3.8, 4) is 0 Å². The van der Waals surface area contributed by atoms with Crippen LogP contribution < -0.4 is 10.6 Å². The van der Waals surface area contributed by atoms with Gasteiger partial charge in [0.2, 0.25) is 17.7 Å². The molecule has 1 saturated carbocycles. The maximum absolute atomic E-state index is 14.0. The van der Waals surface area contributed by atoms with Crippen LogP contribution in [0.5, 0.6) is 0 Å². The normalized spacial score (nSPS) is 15.1. The number of hydrogen-bond donors (Lipinski definition) is 2. The second-order valence-electron chi connectivity index (χ2n) is 13.0. The Morgan fingerprint density at radius 3 is 2.48 bits per heavy atom. The number of aromatic nitrogens is 2. The minimum Gasteiger partial charge on any atom is -0.456 e. The van der Waals surface area contributed by atoms with Gasteiger partial charge >= 0.3 is 5.97 Å². The van der Waals surface area contributed by atoms with Crippen LogP contribution in [0.2, 0.25) is 0 Å². The van der Waals surface area contributed by atoms with Crippen molar-refractivity contribution in [2.45, 2.75) is 90.8 Å². The summed E-state index contributed by atoms with van der Waals surface area (Å²) in [5, 5.41) is 7.40. The van der Waals surface area contributed by atoms with Gasteiger partial charge in [-0.3, -0.25) is 9.59 Å². The zero-order valence-electron chi connectivity index (χ0n) is 27.4. The molecule has 1 fully saturated rings. The standard InChI is InChI=1S/C37H46N4O5/c1-24(2)19-27(21-33(42)38-29-15-9-6-10-16-29)35(43)39-31(20-28-22-41(4)32-18-12-11-17-30(28)32)36-40-34(25(3)46-36)37(44)45-23-26-13-7-5-8-14-26/h5,7-8,11-14,17-18,22,24,27,29,31H,6,9-10,15-16,19-21,23H2,1-4H3,(H,38,42)(H,39,43)/t27-,31+/m0/s1. The van der Waals surface area contributed by atoms with E-state index in [-0.39, 0.29) is 48.4 Å². The van der Waals surface area contributed by atoms with Crippen LogP contribution in [0.3, 0.4) is 0 Å². The third-order valence-corrected chi connectivity index (χ3v) is 8.77. The van der Waals surface area contributed by atoms with Crippen LogP contribution in [0.4, 0.5) is 0 Å². The summed E-state index contributed by atoms with van der Waals surface area (Å²) >= 11 is 0. The summed E-state index contributed by atoms with van der Waals surface area (Å²) in [5.41, 5.74) is 3.01. The monoisotopic (exact) mass is 626 g/mol. The van der Waals surface area contributed by atoms with E-state index in [1.165, 1.54) is 6.42 Å². The minimum absolute atomic E-state index is 0.0775. The van der Waals surface area contributed by atoms with Gasteiger partial charge in [0.25, 0.3) is 0 Å². The fourth-order valence-electron chi connectivity index (χ4n) is 6.45. The van der Waals surface area contributed by atoms with E-state index in [1.807, 2.05) is 72.4 Å². The Bertz CT molecular complexity index is 1630.